The number of aryl methyl sites for hydroxylation is 1. The van der Waals surface area contributed by atoms with Crippen molar-refractivity contribution < 1.29 is 5.11 Å². The molecule has 18 heavy (non-hydrogen) atoms. The number of rotatable bonds is 4. The fourth-order valence-corrected chi connectivity index (χ4v) is 2.64. The van der Waals surface area contributed by atoms with Crippen LogP contribution in [0.2, 0.25) is 0 Å². The summed E-state index contributed by atoms with van der Waals surface area (Å²) >= 11 is 0. The van der Waals surface area contributed by atoms with Gasteiger partial charge in [-0.05, 0) is 13.8 Å². The summed E-state index contributed by atoms with van der Waals surface area (Å²) in [6, 6.07) is 0.505. The van der Waals surface area contributed by atoms with Crippen molar-refractivity contribution in [3.8, 4) is 0 Å². The second kappa shape index (κ2) is 5.82. The number of hydrogen-bond donors (Lipinski definition) is 1. The minimum absolute atomic E-state index is 0.239. The molecule has 0 aromatic carbocycles. The number of β-amino-alcohol motifs (C(OH)–C–C–N with tert-alkyl or cyclic N) is 1. The minimum atomic E-state index is -0.239. The molecule has 1 N–H and O–H groups in total. The van der Waals surface area contributed by atoms with Gasteiger partial charge in [-0.25, -0.2) is 0 Å². The lowest BCUT2D eigenvalue weighted by Gasteiger charge is -2.40. The Kier molecular flexibility index (Phi) is 4.37. The Morgan fingerprint density at radius 1 is 1.50 bits per heavy atom. The maximum absolute atomic E-state index is 9.46. The van der Waals surface area contributed by atoms with Crippen molar-refractivity contribution >= 4 is 0 Å². The Morgan fingerprint density at radius 2 is 2.28 bits per heavy atom. The predicted octanol–water partition coefficient (Wildman–Crippen LogP) is 0.307. The van der Waals surface area contributed by atoms with Crippen molar-refractivity contribution in [1.82, 2.24) is 19.6 Å². The van der Waals surface area contributed by atoms with Gasteiger partial charge in [0.25, 0.3) is 0 Å². The molecule has 0 amide bonds. The van der Waals surface area contributed by atoms with Crippen LogP contribution in [-0.4, -0.2) is 63.0 Å². The van der Waals surface area contributed by atoms with E-state index in [4.69, 9.17) is 0 Å². The molecule has 5 heteroatoms. The van der Waals surface area contributed by atoms with Crippen molar-refractivity contribution in [2.45, 2.75) is 32.5 Å². The van der Waals surface area contributed by atoms with Gasteiger partial charge in [0.1, 0.15) is 0 Å². The average Bonchev–Trinajstić information content (AvgIpc) is 2.68. The normalized spacial score (nSPS) is 24.3. The summed E-state index contributed by atoms with van der Waals surface area (Å²) in [5.74, 6) is 0. The molecule has 0 bridgehead atoms. The molecule has 2 rings (SSSR count). The summed E-state index contributed by atoms with van der Waals surface area (Å²) in [7, 11) is 1.95. The molecule has 2 heterocycles. The number of aliphatic hydroxyl groups excluding tert-OH is 1. The number of aliphatic hydroxyl groups is 1. The maximum atomic E-state index is 9.46. The second-order valence-electron chi connectivity index (χ2n) is 5.45. The van der Waals surface area contributed by atoms with Crippen LogP contribution in [0, 0.1) is 0 Å². The average molecular weight is 252 g/mol. The molecule has 0 aliphatic carbocycles. The van der Waals surface area contributed by atoms with Crippen LogP contribution in [0.1, 0.15) is 19.4 Å². The van der Waals surface area contributed by atoms with Gasteiger partial charge in [-0.1, -0.05) is 0 Å². The molecule has 1 fully saturated rings. The molecule has 2 atom stereocenters. The third-order valence-corrected chi connectivity index (χ3v) is 3.51. The summed E-state index contributed by atoms with van der Waals surface area (Å²) in [6.07, 6.45) is 3.77. The molecular formula is C13H24N4O. The summed E-state index contributed by atoms with van der Waals surface area (Å²) in [4.78, 5) is 4.82. The van der Waals surface area contributed by atoms with Crippen LogP contribution in [0.3, 0.4) is 0 Å². The van der Waals surface area contributed by atoms with Gasteiger partial charge in [0.15, 0.2) is 0 Å². The predicted molar refractivity (Wildman–Crippen MR) is 71.2 cm³/mol. The van der Waals surface area contributed by atoms with Gasteiger partial charge in [-0.3, -0.25) is 14.5 Å². The van der Waals surface area contributed by atoms with E-state index in [-0.39, 0.29) is 6.10 Å². The van der Waals surface area contributed by atoms with E-state index in [1.165, 1.54) is 5.56 Å². The Bertz CT molecular complexity index is 377. The SMILES string of the molecule is C[C@H](O)CN1CCN(Cc2cnn(C)c2)C[C@@H]1C. The molecule has 1 aliphatic heterocycles. The van der Waals surface area contributed by atoms with Crippen molar-refractivity contribution in [2.75, 3.05) is 26.2 Å². The molecule has 102 valence electrons. The Morgan fingerprint density at radius 3 is 2.83 bits per heavy atom. The molecule has 0 unspecified atom stereocenters. The largest absolute Gasteiger partial charge is 0.392 e. The number of nitrogens with zero attached hydrogens (tertiary/aromatic N) is 4. The molecule has 1 aliphatic rings. The van der Waals surface area contributed by atoms with E-state index in [1.807, 2.05) is 24.9 Å². The number of piperazine rings is 1. The lowest BCUT2D eigenvalue weighted by atomic mass is 10.1. The van der Waals surface area contributed by atoms with Crippen molar-refractivity contribution in [1.29, 1.82) is 0 Å². The zero-order valence-electron chi connectivity index (χ0n) is 11.6. The number of aromatic nitrogens is 2. The minimum Gasteiger partial charge on any atom is -0.392 e. The summed E-state index contributed by atoms with van der Waals surface area (Å²) in [6.45, 7) is 9.00. The quantitative estimate of drug-likeness (QED) is 0.837. The Balaban J connectivity index is 1.84. The Hall–Kier alpha value is -0.910. The fraction of sp³-hybridized carbons (Fsp3) is 0.769. The third-order valence-electron chi connectivity index (χ3n) is 3.51. The first-order chi connectivity index (χ1) is 8.54. The zero-order valence-corrected chi connectivity index (χ0v) is 11.6. The fourth-order valence-electron chi connectivity index (χ4n) is 2.64. The first-order valence-corrected chi connectivity index (χ1v) is 6.66. The molecule has 0 saturated carbocycles. The molecule has 0 radical (unpaired) electrons. The van der Waals surface area contributed by atoms with E-state index in [2.05, 4.69) is 28.0 Å². The highest BCUT2D eigenvalue weighted by Crippen LogP contribution is 2.13. The zero-order chi connectivity index (χ0) is 13.1. The highest BCUT2D eigenvalue weighted by atomic mass is 16.3. The summed E-state index contributed by atoms with van der Waals surface area (Å²) in [5, 5.41) is 13.7. The summed E-state index contributed by atoms with van der Waals surface area (Å²) < 4.78 is 1.85. The van der Waals surface area contributed by atoms with Gasteiger partial charge in [0, 0.05) is 57.6 Å². The van der Waals surface area contributed by atoms with E-state index in [1.54, 1.807) is 0 Å². The van der Waals surface area contributed by atoms with E-state index in [0.717, 1.165) is 32.7 Å². The van der Waals surface area contributed by atoms with Gasteiger partial charge in [-0.2, -0.15) is 5.10 Å². The maximum Gasteiger partial charge on any atom is 0.0639 e. The molecule has 1 saturated heterocycles. The third kappa shape index (κ3) is 3.54. The van der Waals surface area contributed by atoms with Crippen LogP contribution < -0.4 is 0 Å². The molecule has 1 aromatic rings. The van der Waals surface area contributed by atoms with Crippen LogP contribution in [0.4, 0.5) is 0 Å². The first kappa shape index (κ1) is 13.5. The lowest BCUT2D eigenvalue weighted by Crippen LogP contribution is -2.53. The van der Waals surface area contributed by atoms with E-state index in [9.17, 15) is 5.11 Å². The van der Waals surface area contributed by atoms with E-state index < -0.39 is 0 Å². The lowest BCUT2D eigenvalue weighted by molar-refractivity contribution is 0.0423. The summed E-state index contributed by atoms with van der Waals surface area (Å²) in [5.41, 5.74) is 1.27. The van der Waals surface area contributed by atoms with E-state index >= 15 is 0 Å². The van der Waals surface area contributed by atoms with Crippen molar-refractivity contribution in [3.63, 3.8) is 0 Å². The van der Waals surface area contributed by atoms with E-state index in [0.29, 0.717) is 6.04 Å². The second-order valence-corrected chi connectivity index (χ2v) is 5.45. The first-order valence-electron chi connectivity index (χ1n) is 6.66. The highest BCUT2D eigenvalue weighted by molar-refractivity contribution is 5.03. The van der Waals surface area contributed by atoms with Crippen molar-refractivity contribution in [3.05, 3.63) is 18.0 Å². The van der Waals surface area contributed by atoms with Gasteiger partial charge >= 0.3 is 0 Å². The molecule has 0 spiro atoms. The Labute approximate surface area is 109 Å². The topological polar surface area (TPSA) is 44.5 Å². The van der Waals surface area contributed by atoms with Crippen LogP contribution in [0.15, 0.2) is 12.4 Å². The highest BCUT2D eigenvalue weighted by Gasteiger charge is 2.24. The van der Waals surface area contributed by atoms with Crippen LogP contribution in [0.25, 0.3) is 0 Å². The standard InChI is InChI=1S/C13H24N4O/c1-11-7-16(4-5-17(11)8-12(2)18)10-13-6-14-15(3)9-13/h6,9,11-12,18H,4-5,7-8,10H2,1-3H3/t11-,12-/m0/s1. The van der Waals surface area contributed by atoms with Gasteiger partial charge in [0.2, 0.25) is 0 Å². The van der Waals surface area contributed by atoms with Crippen LogP contribution >= 0.6 is 0 Å². The monoisotopic (exact) mass is 252 g/mol. The molecule has 1 aromatic heterocycles. The van der Waals surface area contributed by atoms with Gasteiger partial charge in [-0.15, -0.1) is 0 Å². The van der Waals surface area contributed by atoms with Crippen LogP contribution in [-0.2, 0) is 13.6 Å². The smallest absolute Gasteiger partial charge is 0.0639 e. The van der Waals surface area contributed by atoms with Gasteiger partial charge < -0.3 is 5.11 Å². The van der Waals surface area contributed by atoms with Gasteiger partial charge in [0.05, 0.1) is 12.3 Å². The molecule has 5 nitrogen and oxygen atoms in total. The van der Waals surface area contributed by atoms with Crippen LogP contribution in [0.5, 0.6) is 0 Å². The number of hydrogen-bond acceptors (Lipinski definition) is 4. The van der Waals surface area contributed by atoms with Crippen molar-refractivity contribution in [2.24, 2.45) is 7.05 Å². The molecular weight excluding hydrogens is 228 g/mol.